The van der Waals surface area contributed by atoms with Gasteiger partial charge in [0.15, 0.2) is 6.10 Å². The first-order valence-corrected chi connectivity index (χ1v) is 8.85. The lowest BCUT2D eigenvalue weighted by Crippen LogP contribution is -2.45. The fraction of sp³-hybridized carbons (Fsp3) is 0.533. The van der Waals surface area contributed by atoms with Gasteiger partial charge in [0.05, 0.1) is 11.5 Å². The van der Waals surface area contributed by atoms with Crippen LogP contribution in [0.25, 0.3) is 0 Å². The SMILES string of the molecule is CCOC(=O)C1Cc2cc(S(=O)(=O)NCC(C)(C)N)ccc2O1.Cl. The maximum Gasteiger partial charge on any atom is 0.347 e. The fourth-order valence-electron chi connectivity index (χ4n) is 2.12. The largest absolute Gasteiger partial charge is 0.478 e. The second-order valence-electron chi connectivity index (χ2n) is 6.15. The Morgan fingerprint density at radius 1 is 1.46 bits per heavy atom. The third kappa shape index (κ3) is 5.07. The summed E-state index contributed by atoms with van der Waals surface area (Å²) >= 11 is 0. The molecule has 1 atom stereocenters. The van der Waals surface area contributed by atoms with Gasteiger partial charge in [-0.3, -0.25) is 0 Å². The van der Waals surface area contributed by atoms with Gasteiger partial charge in [0, 0.05) is 18.5 Å². The summed E-state index contributed by atoms with van der Waals surface area (Å²) in [4.78, 5) is 11.8. The van der Waals surface area contributed by atoms with Crippen LogP contribution in [0.5, 0.6) is 5.75 Å². The molecule has 7 nitrogen and oxygen atoms in total. The van der Waals surface area contributed by atoms with Crippen molar-refractivity contribution in [3.05, 3.63) is 23.8 Å². The topological polar surface area (TPSA) is 108 Å². The Morgan fingerprint density at radius 3 is 2.71 bits per heavy atom. The number of sulfonamides is 1. The summed E-state index contributed by atoms with van der Waals surface area (Å²) < 4.78 is 37.5. The zero-order valence-electron chi connectivity index (χ0n) is 13.9. The normalized spacial score (nSPS) is 16.8. The van der Waals surface area contributed by atoms with Crippen LogP contribution in [0.3, 0.4) is 0 Å². The molecule has 3 N–H and O–H groups in total. The molecule has 0 amide bonds. The average molecular weight is 379 g/mol. The quantitative estimate of drug-likeness (QED) is 0.715. The number of hydrogen-bond donors (Lipinski definition) is 2. The number of nitrogens with two attached hydrogens (primary N) is 1. The molecule has 0 radical (unpaired) electrons. The lowest BCUT2D eigenvalue weighted by Gasteiger charge is -2.19. The third-order valence-corrected chi connectivity index (χ3v) is 4.68. The summed E-state index contributed by atoms with van der Waals surface area (Å²) in [6.45, 7) is 5.57. The number of esters is 1. The number of hydrogen-bond acceptors (Lipinski definition) is 6. The number of fused-ring (bicyclic) bond motifs is 1. The summed E-state index contributed by atoms with van der Waals surface area (Å²) in [6.07, 6.45) is -0.432. The summed E-state index contributed by atoms with van der Waals surface area (Å²) in [5.41, 5.74) is 5.81. The zero-order chi connectivity index (χ0) is 17.3. The maximum absolute atomic E-state index is 12.3. The van der Waals surface area contributed by atoms with Crippen molar-refractivity contribution in [2.75, 3.05) is 13.2 Å². The molecule has 0 fully saturated rings. The molecule has 1 aromatic carbocycles. The molecule has 1 aliphatic rings. The molecule has 0 aliphatic carbocycles. The van der Waals surface area contributed by atoms with Crippen LogP contribution in [0.1, 0.15) is 26.3 Å². The first-order chi connectivity index (χ1) is 10.6. The van der Waals surface area contributed by atoms with E-state index in [0.29, 0.717) is 17.7 Å². The van der Waals surface area contributed by atoms with E-state index < -0.39 is 27.6 Å². The number of rotatable bonds is 6. The van der Waals surface area contributed by atoms with Crippen molar-refractivity contribution in [2.24, 2.45) is 5.73 Å². The molecule has 1 unspecified atom stereocenters. The highest BCUT2D eigenvalue weighted by atomic mass is 35.5. The highest BCUT2D eigenvalue weighted by Gasteiger charge is 2.31. The van der Waals surface area contributed by atoms with E-state index in [4.69, 9.17) is 15.2 Å². The zero-order valence-corrected chi connectivity index (χ0v) is 15.5. The number of halogens is 1. The predicted octanol–water partition coefficient (Wildman–Crippen LogP) is 0.991. The van der Waals surface area contributed by atoms with Crippen LogP contribution in [-0.4, -0.2) is 39.2 Å². The van der Waals surface area contributed by atoms with Gasteiger partial charge in [-0.2, -0.15) is 0 Å². The molecular weight excluding hydrogens is 356 g/mol. The van der Waals surface area contributed by atoms with Crippen LogP contribution < -0.4 is 15.2 Å². The van der Waals surface area contributed by atoms with Gasteiger partial charge in [-0.1, -0.05) is 0 Å². The van der Waals surface area contributed by atoms with Gasteiger partial charge in [-0.05, 0) is 44.5 Å². The van der Waals surface area contributed by atoms with Gasteiger partial charge in [0.1, 0.15) is 5.75 Å². The molecule has 1 heterocycles. The van der Waals surface area contributed by atoms with E-state index in [0.717, 1.165) is 0 Å². The summed E-state index contributed by atoms with van der Waals surface area (Å²) in [5.74, 6) is 0.0530. The van der Waals surface area contributed by atoms with Crippen LogP contribution in [0.15, 0.2) is 23.1 Å². The maximum atomic E-state index is 12.3. The standard InChI is InChI=1S/C15H22N2O5S.ClH/c1-4-21-14(18)13-8-10-7-11(5-6-12(10)22-13)23(19,20)17-9-15(2,3)16;/h5-7,13,17H,4,8-9,16H2,1-3H3;1H. The van der Waals surface area contributed by atoms with E-state index in [-0.39, 0.29) is 30.5 Å². The highest BCUT2D eigenvalue weighted by Crippen LogP contribution is 2.31. The Balaban J connectivity index is 0.00000288. The average Bonchev–Trinajstić information content (AvgIpc) is 2.88. The van der Waals surface area contributed by atoms with E-state index in [2.05, 4.69) is 4.72 Å². The van der Waals surface area contributed by atoms with Crippen molar-refractivity contribution in [1.29, 1.82) is 0 Å². The number of carbonyl (C=O) groups is 1. The Labute approximate surface area is 148 Å². The summed E-state index contributed by atoms with van der Waals surface area (Å²) in [5, 5.41) is 0. The van der Waals surface area contributed by atoms with E-state index in [9.17, 15) is 13.2 Å². The van der Waals surface area contributed by atoms with Crippen LogP contribution >= 0.6 is 12.4 Å². The second-order valence-corrected chi connectivity index (χ2v) is 7.91. The summed E-state index contributed by atoms with van der Waals surface area (Å²) in [7, 11) is -3.66. The molecule has 2 rings (SSSR count). The molecule has 0 saturated heterocycles. The van der Waals surface area contributed by atoms with E-state index in [1.54, 1.807) is 26.8 Å². The van der Waals surface area contributed by atoms with Gasteiger partial charge in [0.25, 0.3) is 0 Å². The first kappa shape index (κ1) is 20.7. The minimum atomic E-state index is -3.66. The van der Waals surface area contributed by atoms with Crippen molar-refractivity contribution < 1.29 is 22.7 Å². The Kier molecular flexibility index (Phi) is 6.63. The van der Waals surface area contributed by atoms with Crippen LogP contribution in [-0.2, 0) is 26.0 Å². The molecule has 0 bridgehead atoms. The first-order valence-electron chi connectivity index (χ1n) is 7.37. The molecular formula is C15H23ClN2O5S. The third-order valence-electron chi connectivity index (χ3n) is 3.28. The van der Waals surface area contributed by atoms with Gasteiger partial charge in [-0.25, -0.2) is 17.9 Å². The molecule has 136 valence electrons. The minimum Gasteiger partial charge on any atom is -0.478 e. The minimum absolute atomic E-state index is 0. The summed E-state index contributed by atoms with van der Waals surface area (Å²) in [6, 6.07) is 4.51. The predicted molar refractivity (Wildman–Crippen MR) is 91.9 cm³/mol. The van der Waals surface area contributed by atoms with Gasteiger partial charge < -0.3 is 15.2 Å². The Morgan fingerprint density at radius 2 is 2.12 bits per heavy atom. The lowest BCUT2D eigenvalue weighted by molar-refractivity contribution is -0.150. The second kappa shape index (κ2) is 7.69. The molecule has 1 aliphatic heterocycles. The molecule has 0 aromatic heterocycles. The van der Waals surface area contributed by atoms with Crippen molar-refractivity contribution in [3.8, 4) is 5.75 Å². The fourth-order valence-corrected chi connectivity index (χ4v) is 3.40. The number of ether oxygens (including phenoxy) is 2. The van der Waals surface area contributed by atoms with E-state index in [1.165, 1.54) is 12.1 Å². The molecule has 24 heavy (non-hydrogen) atoms. The Bertz CT molecular complexity index is 700. The van der Waals surface area contributed by atoms with Gasteiger partial charge in [0.2, 0.25) is 10.0 Å². The van der Waals surface area contributed by atoms with Crippen molar-refractivity contribution >= 4 is 28.4 Å². The van der Waals surface area contributed by atoms with Crippen molar-refractivity contribution in [3.63, 3.8) is 0 Å². The lowest BCUT2D eigenvalue weighted by atomic mass is 10.1. The molecule has 1 aromatic rings. The van der Waals surface area contributed by atoms with Gasteiger partial charge >= 0.3 is 5.97 Å². The van der Waals surface area contributed by atoms with Crippen LogP contribution in [0.2, 0.25) is 0 Å². The number of carbonyl (C=O) groups excluding carboxylic acids is 1. The van der Waals surface area contributed by atoms with Crippen molar-refractivity contribution in [2.45, 2.75) is 43.7 Å². The highest BCUT2D eigenvalue weighted by molar-refractivity contribution is 7.89. The van der Waals surface area contributed by atoms with Crippen molar-refractivity contribution in [1.82, 2.24) is 4.72 Å². The van der Waals surface area contributed by atoms with Crippen LogP contribution in [0.4, 0.5) is 0 Å². The Hall–Kier alpha value is -1.35. The van der Waals surface area contributed by atoms with Crippen LogP contribution in [0, 0.1) is 0 Å². The monoisotopic (exact) mass is 378 g/mol. The number of benzene rings is 1. The smallest absolute Gasteiger partial charge is 0.347 e. The van der Waals surface area contributed by atoms with E-state index in [1.807, 2.05) is 0 Å². The number of nitrogens with one attached hydrogen (secondary N) is 1. The van der Waals surface area contributed by atoms with Gasteiger partial charge in [-0.15, -0.1) is 12.4 Å². The molecule has 0 spiro atoms. The van der Waals surface area contributed by atoms with E-state index >= 15 is 0 Å². The molecule has 0 saturated carbocycles. The molecule has 9 heteroatoms.